The number of carbonyl (C=O) groups is 2. The molecule has 0 saturated carbocycles. The van der Waals surface area contributed by atoms with Gasteiger partial charge < -0.3 is 21.9 Å². The van der Waals surface area contributed by atoms with E-state index in [2.05, 4.69) is 0 Å². The fourth-order valence-corrected chi connectivity index (χ4v) is 2.21. The molecule has 0 aliphatic carbocycles. The number of amides is 2. The van der Waals surface area contributed by atoms with Gasteiger partial charge in [0, 0.05) is 18.9 Å². The maximum absolute atomic E-state index is 10.7. The molecule has 6 nitrogen and oxygen atoms in total. The van der Waals surface area contributed by atoms with Crippen LogP contribution in [0, 0.1) is 0 Å². The third-order valence-corrected chi connectivity index (χ3v) is 3.51. The summed E-state index contributed by atoms with van der Waals surface area (Å²) < 4.78 is 5.66. The van der Waals surface area contributed by atoms with Crippen molar-refractivity contribution in [2.24, 2.45) is 17.2 Å². The molecule has 0 fully saturated rings. The van der Waals surface area contributed by atoms with E-state index in [-0.39, 0.29) is 24.3 Å². The Hall–Kier alpha value is -2.08. The zero-order valence-electron chi connectivity index (χ0n) is 15.5. The first-order chi connectivity index (χ1) is 12.0. The summed E-state index contributed by atoms with van der Waals surface area (Å²) >= 11 is 0. The standard InChI is InChI=1S/C17H27N3O3.C2H6/c18-14(9-10-17(20)22)12-23-15-7-4-6-13(11-15)5-2-1-3-8-16(19)21;1-2/h4,6-7,11,14H,1-3,5,8-10,12,18H2,(H2,19,21)(H2,20,22);1-2H3. The zero-order valence-corrected chi connectivity index (χ0v) is 15.5. The predicted molar refractivity (Wildman–Crippen MR) is 101 cm³/mol. The van der Waals surface area contributed by atoms with Crippen molar-refractivity contribution >= 4 is 11.8 Å². The zero-order chi connectivity index (χ0) is 19.1. The fourth-order valence-electron chi connectivity index (χ4n) is 2.21. The molecule has 1 atom stereocenters. The van der Waals surface area contributed by atoms with Crippen molar-refractivity contribution in [1.29, 1.82) is 0 Å². The van der Waals surface area contributed by atoms with Crippen molar-refractivity contribution in [3.8, 4) is 5.75 Å². The molecule has 0 aliphatic rings. The second-order valence-electron chi connectivity index (χ2n) is 5.75. The Balaban J connectivity index is 0.00000277. The topological polar surface area (TPSA) is 121 Å². The number of primary amides is 2. The predicted octanol–water partition coefficient (Wildman–Crippen LogP) is 2.27. The van der Waals surface area contributed by atoms with Gasteiger partial charge in [0.1, 0.15) is 12.4 Å². The van der Waals surface area contributed by atoms with E-state index in [1.54, 1.807) is 0 Å². The summed E-state index contributed by atoms with van der Waals surface area (Å²) in [5.74, 6) is 0.181. The van der Waals surface area contributed by atoms with Crippen LogP contribution in [0.4, 0.5) is 0 Å². The van der Waals surface area contributed by atoms with Crippen LogP contribution in [0.3, 0.4) is 0 Å². The van der Waals surface area contributed by atoms with Crippen LogP contribution >= 0.6 is 0 Å². The molecule has 2 amide bonds. The highest BCUT2D eigenvalue weighted by Crippen LogP contribution is 2.16. The van der Waals surface area contributed by atoms with Gasteiger partial charge in [-0.2, -0.15) is 0 Å². The lowest BCUT2D eigenvalue weighted by molar-refractivity contribution is -0.119. The SMILES string of the molecule is CC.NC(=O)CCCCCc1cccc(OCC(N)CCC(N)=O)c1. The number of unbranched alkanes of at least 4 members (excludes halogenated alkanes) is 2. The van der Waals surface area contributed by atoms with Gasteiger partial charge in [-0.05, 0) is 43.4 Å². The van der Waals surface area contributed by atoms with E-state index in [9.17, 15) is 9.59 Å². The van der Waals surface area contributed by atoms with E-state index in [0.29, 0.717) is 19.4 Å². The van der Waals surface area contributed by atoms with Crippen LogP contribution in [-0.2, 0) is 16.0 Å². The number of rotatable bonds is 12. The minimum absolute atomic E-state index is 0.208. The minimum Gasteiger partial charge on any atom is -0.492 e. The molecule has 0 bridgehead atoms. The van der Waals surface area contributed by atoms with E-state index in [1.165, 1.54) is 5.56 Å². The van der Waals surface area contributed by atoms with Crippen LogP contribution in [0.2, 0.25) is 0 Å². The van der Waals surface area contributed by atoms with Gasteiger partial charge in [0.15, 0.2) is 0 Å². The molecule has 1 aromatic carbocycles. The molecule has 0 heterocycles. The van der Waals surface area contributed by atoms with Crippen LogP contribution in [0.1, 0.15) is 57.9 Å². The van der Waals surface area contributed by atoms with Gasteiger partial charge in [0.05, 0.1) is 0 Å². The van der Waals surface area contributed by atoms with Gasteiger partial charge in [-0.1, -0.05) is 32.4 Å². The van der Waals surface area contributed by atoms with Gasteiger partial charge in [-0.25, -0.2) is 0 Å². The van der Waals surface area contributed by atoms with Crippen molar-refractivity contribution in [3.05, 3.63) is 29.8 Å². The molecule has 1 unspecified atom stereocenters. The first-order valence-corrected chi connectivity index (χ1v) is 9.01. The van der Waals surface area contributed by atoms with Crippen LogP contribution in [0.5, 0.6) is 5.75 Å². The third kappa shape index (κ3) is 12.9. The minimum atomic E-state index is -0.348. The Kier molecular flexibility index (Phi) is 13.1. The lowest BCUT2D eigenvalue weighted by Crippen LogP contribution is -2.29. The Labute approximate surface area is 151 Å². The van der Waals surface area contributed by atoms with Crippen LogP contribution in [0.25, 0.3) is 0 Å². The molecule has 1 rings (SSSR count). The Morgan fingerprint density at radius 3 is 2.36 bits per heavy atom. The van der Waals surface area contributed by atoms with Gasteiger partial charge in [-0.15, -0.1) is 0 Å². The summed E-state index contributed by atoms with van der Waals surface area (Å²) in [6, 6.07) is 7.67. The lowest BCUT2D eigenvalue weighted by Gasteiger charge is -2.13. The smallest absolute Gasteiger partial charge is 0.217 e. The quantitative estimate of drug-likeness (QED) is 0.500. The number of benzene rings is 1. The number of hydrogen-bond donors (Lipinski definition) is 3. The molecule has 1 aromatic rings. The first-order valence-electron chi connectivity index (χ1n) is 9.01. The van der Waals surface area contributed by atoms with Crippen molar-refractivity contribution in [2.75, 3.05) is 6.61 Å². The highest BCUT2D eigenvalue weighted by Gasteiger charge is 2.06. The average molecular weight is 351 g/mol. The molecule has 6 N–H and O–H groups in total. The van der Waals surface area contributed by atoms with Crippen LogP contribution < -0.4 is 21.9 Å². The largest absolute Gasteiger partial charge is 0.492 e. The maximum Gasteiger partial charge on any atom is 0.217 e. The lowest BCUT2D eigenvalue weighted by atomic mass is 10.1. The molecule has 0 aliphatic heterocycles. The Morgan fingerprint density at radius 2 is 1.72 bits per heavy atom. The van der Waals surface area contributed by atoms with Gasteiger partial charge in [0.2, 0.25) is 11.8 Å². The van der Waals surface area contributed by atoms with Crippen molar-refractivity contribution in [1.82, 2.24) is 0 Å². The van der Waals surface area contributed by atoms with E-state index >= 15 is 0 Å². The summed E-state index contributed by atoms with van der Waals surface area (Å²) in [5, 5.41) is 0. The number of hydrogen-bond acceptors (Lipinski definition) is 4. The number of carbonyl (C=O) groups excluding carboxylic acids is 2. The second kappa shape index (κ2) is 14.3. The second-order valence-corrected chi connectivity index (χ2v) is 5.75. The average Bonchev–Trinajstić information content (AvgIpc) is 2.59. The highest BCUT2D eigenvalue weighted by atomic mass is 16.5. The molecular weight excluding hydrogens is 318 g/mol. The number of aryl methyl sites for hydroxylation is 1. The number of nitrogens with two attached hydrogens (primary N) is 3. The van der Waals surface area contributed by atoms with Crippen LogP contribution in [0.15, 0.2) is 24.3 Å². The Bertz CT molecular complexity index is 506. The summed E-state index contributed by atoms with van der Waals surface area (Å²) in [6.07, 6.45) is 5.00. The molecular formula is C19H33N3O3. The first kappa shape index (κ1) is 22.9. The van der Waals surface area contributed by atoms with Gasteiger partial charge in [0.25, 0.3) is 0 Å². The van der Waals surface area contributed by atoms with Gasteiger partial charge in [-0.3, -0.25) is 9.59 Å². The molecule has 0 aromatic heterocycles. The molecule has 142 valence electrons. The molecule has 25 heavy (non-hydrogen) atoms. The molecule has 0 spiro atoms. The normalized spacial score (nSPS) is 11.2. The van der Waals surface area contributed by atoms with E-state index in [4.69, 9.17) is 21.9 Å². The monoisotopic (exact) mass is 351 g/mol. The van der Waals surface area contributed by atoms with Crippen molar-refractivity contribution < 1.29 is 14.3 Å². The van der Waals surface area contributed by atoms with E-state index in [1.807, 2.05) is 38.1 Å². The van der Waals surface area contributed by atoms with Crippen molar-refractivity contribution in [3.63, 3.8) is 0 Å². The summed E-state index contributed by atoms with van der Waals surface area (Å²) in [7, 11) is 0. The van der Waals surface area contributed by atoms with Crippen molar-refractivity contribution in [2.45, 2.75) is 64.8 Å². The third-order valence-electron chi connectivity index (χ3n) is 3.51. The Morgan fingerprint density at radius 1 is 1.04 bits per heavy atom. The van der Waals surface area contributed by atoms with Gasteiger partial charge >= 0.3 is 0 Å². The summed E-state index contributed by atoms with van der Waals surface area (Å²) in [4.78, 5) is 21.4. The molecule has 6 heteroatoms. The summed E-state index contributed by atoms with van der Waals surface area (Å²) in [6.45, 7) is 4.36. The van der Waals surface area contributed by atoms with Crippen LogP contribution in [-0.4, -0.2) is 24.5 Å². The highest BCUT2D eigenvalue weighted by molar-refractivity contribution is 5.73. The number of ether oxygens (including phenoxy) is 1. The summed E-state index contributed by atoms with van der Waals surface area (Å²) in [5.41, 5.74) is 17.3. The van der Waals surface area contributed by atoms with E-state index in [0.717, 1.165) is 31.4 Å². The fraction of sp³-hybridized carbons (Fsp3) is 0.579. The van der Waals surface area contributed by atoms with E-state index < -0.39 is 0 Å². The maximum atomic E-state index is 10.7. The molecule has 0 radical (unpaired) electrons. The molecule has 0 saturated heterocycles.